The van der Waals surface area contributed by atoms with Crippen molar-refractivity contribution in [1.82, 2.24) is 5.43 Å². The maximum atomic E-state index is 5.56. The Labute approximate surface area is 97.0 Å². The second kappa shape index (κ2) is 5.43. The molecule has 1 aromatic carbocycles. The summed E-state index contributed by atoms with van der Waals surface area (Å²) in [5.74, 6) is 5.56. The van der Waals surface area contributed by atoms with Crippen molar-refractivity contribution in [2.24, 2.45) is 5.84 Å². The van der Waals surface area contributed by atoms with E-state index >= 15 is 0 Å². The van der Waals surface area contributed by atoms with Crippen molar-refractivity contribution in [1.29, 1.82) is 0 Å². The van der Waals surface area contributed by atoms with Gasteiger partial charge >= 0.3 is 0 Å². The van der Waals surface area contributed by atoms with Crippen molar-refractivity contribution in [2.75, 3.05) is 13.2 Å². The fourth-order valence-corrected chi connectivity index (χ4v) is 2.28. The quantitative estimate of drug-likeness (QED) is 0.586. The van der Waals surface area contributed by atoms with Crippen molar-refractivity contribution < 1.29 is 4.74 Å². The fourth-order valence-electron chi connectivity index (χ4n) is 2.28. The number of benzene rings is 1. The van der Waals surface area contributed by atoms with E-state index in [1.165, 1.54) is 36.0 Å². The largest absolute Gasteiger partial charge is 0.380 e. The van der Waals surface area contributed by atoms with E-state index in [1.54, 1.807) is 0 Å². The lowest BCUT2D eigenvalue weighted by atomic mass is 10.0. The first-order valence-electron chi connectivity index (χ1n) is 6.00. The summed E-state index contributed by atoms with van der Waals surface area (Å²) >= 11 is 0. The zero-order chi connectivity index (χ0) is 11.4. The highest BCUT2D eigenvalue weighted by molar-refractivity contribution is 5.36. The Bertz CT molecular complexity index is 352. The highest BCUT2D eigenvalue weighted by atomic mass is 16.5. The Hall–Kier alpha value is -0.900. The van der Waals surface area contributed by atoms with E-state index < -0.39 is 0 Å². The predicted molar refractivity (Wildman–Crippen MR) is 65.0 cm³/mol. The Balaban J connectivity index is 2.12. The minimum atomic E-state index is 0.103. The van der Waals surface area contributed by atoms with E-state index in [0.717, 1.165) is 6.61 Å². The Kier molecular flexibility index (Phi) is 3.93. The summed E-state index contributed by atoms with van der Waals surface area (Å²) in [6, 6.07) is 6.76. The van der Waals surface area contributed by atoms with Gasteiger partial charge in [-0.3, -0.25) is 11.3 Å². The summed E-state index contributed by atoms with van der Waals surface area (Å²) in [6.45, 7) is 3.35. The molecule has 88 valence electrons. The smallest absolute Gasteiger partial charge is 0.0694 e. The van der Waals surface area contributed by atoms with Crippen molar-refractivity contribution in [2.45, 2.75) is 32.2 Å². The maximum absolute atomic E-state index is 5.56. The van der Waals surface area contributed by atoms with E-state index in [0.29, 0.717) is 6.61 Å². The second-order valence-electron chi connectivity index (χ2n) is 4.26. The number of nitrogens with two attached hydrogens (primary N) is 1. The molecule has 16 heavy (non-hydrogen) atoms. The molecular formula is C13H20N2O. The van der Waals surface area contributed by atoms with Crippen molar-refractivity contribution in [3.63, 3.8) is 0 Å². The van der Waals surface area contributed by atoms with Crippen LogP contribution in [0.3, 0.4) is 0 Å². The van der Waals surface area contributed by atoms with Crippen LogP contribution in [0.1, 0.15) is 36.1 Å². The van der Waals surface area contributed by atoms with Crippen LogP contribution in [0.5, 0.6) is 0 Å². The third kappa shape index (κ3) is 2.43. The summed E-state index contributed by atoms with van der Waals surface area (Å²) in [5.41, 5.74) is 7.03. The number of hydrogen-bond acceptors (Lipinski definition) is 3. The van der Waals surface area contributed by atoms with Crippen LogP contribution in [0.15, 0.2) is 18.2 Å². The molecule has 3 nitrogen and oxygen atoms in total. The van der Waals surface area contributed by atoms with Crippen LogP contribution in [0, 0.1) is 0 Å². The molecule has 0 spiro atoms. The number of hydrazine groups is 1. The number of aryl methyl sites for hydroxylation is 2. The van der Waals surface area contributed by atoms with Crippen LogP contribution in [-0.2, 0) is 17.6 Å². The summed E-state index contributed by atoms with van der Waals surface area (Å²) in [6.07, 6.45) is 3.71. The van der Waals surface area contributed by atoms with Gasteiger partial charge in [-0.1, -0.05) is 18.2 Å². The summed E-state index contributed by atoms with van der Waals surface area (Å²) in [7, 11) is 0. The van der Waals surface area contributed by atoms with E-state index in [9.17, 15) is 0 Å². The number of hydrogen-bond donors (Lipinski definition) is 2. The summed E-state index contributed by atoms with van der Waals surface area (Å²) in [5, 5.41) is 0. The van der Waals surface area contributed by atoms with Crippen LogP contribution < -0.4 is 11.3 Å². The normalized spacial score (nSPS) is 16.1. The molecule has 1 atom stereocenters. The summed E-state index contributed by atoms with van der Waals surface area (Å²) < 4.78 is 5.42. The first-order chi connectivity index (χ1) is 7.85. The molecule has 1 aliphatic carbocycles. The Morgan fingerprint density at radius 3 is 2.94 bits per heavy atom. The average molecular weight is 220 g/mol. The van der Waals surface area contributed by atoms with Crippen LogP contribution in [0.4, 0.5) is 0 Å². The number of fused-ring (bicyclic) bond motifs is 1. The number of ether oxygens (including phenoxy) is 1. The third-order valence-corrected chi connectivity index (χ3v) is 3.21. The molecule has 1 aromatic rings. The lowest BCUT2D eigenvalue weighted by molar-refractivity contribution is 0.123. The van der Waals surface area contributed by atoms with Crippen LogP contribution in [0.25, 0.3) is 0 Å². The highest BCUT2D eigenvalue weighted by Crippen LogP contribution is 2.25. The van der Waals surface area contributed by atoms with E-state index in [4.69, 9.17) is 10.6 Å². The SMILES string of the molecule is CCOCC(NN)c1ccc2c(c1)CCC2. The maximum Gasteiger partial charge on any atom is 0.0694 e. The highest BCUT2D eigenvalue weighted by Gasteiger charge is 2.15. The van der Waals surface area contributed by atoms with Gasteiger partial charge in [-0.25, -0.2) is 0 Å². The molecule has 1 aliphatic rings. The lowest BCUT2D eigenvalue weighted by Crippen LogP contribution is -2.31. The Morgan fingerprint density at radius 2 is 2.19 bits per heavy atom. The lowest BCUT2D eigenvalue weighted by Gasteiger charge is -2.17. The standard InChI is InChI=1S/C13H20N2O/c1-2-16-9-13(15-14)12-7-6-10-4-3-5-11(10)8-12/h6-8,13,15H,2-5,9,14H2,1H3. The van der Waals surface area contributed by atoms with Gasteiger partial charge in [-0.2, -0.15) is 0 Å². The third-order valence-electron chi connectivity index (χ3n) is 3.21. The van der Waals surface area contributed by atoms with Crippen molar-refractivity contribution in [3.8, 4) is 0 Å². The van der Waals surface area contributed by atoms with Gasteiger partial charge in [-0.05, 0) is 42.9 Å². The zero-order valence-corrected chi connectivity index (χ0v) is 9.83. The molecule has 2 rings (SSSR count). The van der Waals surface area contributed by atoms with Gasteiger partial charge in [0.2, 0.25) is 0 Å². The van der Waals surface area contributed by atoms with Crippen LogP contribution in [-0.4, -0.2) is 13.2 Å². The molecule has 3 N–H and O–H groups in total. The van der Waals surface area contributed by atoms with Gasteiger partial charge in [0.05, 0.1) is 12.6 Å². The molecule has 0 radical (unpaired) electrons. The van der Waals surface area contributed by atoms with E-state index in [1.807, 2.05) is 6.92 Å². The van der Waals surface area contributed by atoms with Gasteiger partial charge in [0.15, 0.2) is 0 Å². The monoisotopic (exact) mass is 220 g/mol. The van der Waals surface area contributed by atoms with Crippen LogP contribution >= 0.6 is 0 Å². The first-order valence-corrected chi connectivity index (χ1v) is 6.00. The van der Waals surface area contributed by atoms with Gasteiger partial charge in [0, 0.05) is 6.61 Å². The molecule has 0 aliphatic heterocycles. The minimum Gasteiger partial charge on any atom is -0.380 e. The molecule has 0 saturated heterocycles. The molecule has 0 saturated carbocycles. The fraction of sp³-hybridized carbons (Fsp3) is 0.538. The molecule has 0 aromatic heterocycles. The molecular weight excluding hydrogens is 200 g/mol. The van der Waals surface area contributed by atoms with Gasteiger partial charge in [0.1, 0.15) is 0 Å². The molecule has 0 fully saturated rings. The van der Waals surface area contributed by atoms with Gasteiger partial charge in [-0.15, -0.1) is 0 Å². The van der Waals surface area contributed by atoms with Gasteiger partial charge in [0.25, 0.3) is 0 Å². The van der Waals surface area contributed by atoms with Crippen molar-refractivity contribution in [3.05, 3.63) is 34.9 Å². The van der Waals surface area contributed by atoms with E-state index in [2.05, 4.69) is 23.6 Å². The van der Waals surface area contributed by atoms with Crippen molar-refractivity contribution >= 4 is 0 Å². The minimum absolute atomic E-state index is 0.103. The second-order valence-corrected chi connectivity index (χ2v) is 4.26. The zero-order valence-electron chi connectivity index (χ0n) is 9.83. The predicted octanol–water partition coefficient (Wildman–Crippen LogP) is 1.72. The van der Waals surface area contributed by atoms with Gasteiger partial charge < -0.3 is 4.74 Å². The summed E-state index contributed by atoms with van der Waals surface area (Å²) in [4.78, 5) is 0. The van der Waals surface area contributed by atoms with Crippen LogP contribution in [0.2, 0.25) is 0 Å². The molecule has 0 bridgehead atoms. The average Bonchev–Trinajstić information content (AvgIpc) is 2.77. The van der Waals surface area contributed by atoms with E-state index in [-0.39, 0.29) is 6.04 Å². The molecule has 0 heterocycles. The first kappa shape index (κ1) is 11.6. The topological polar surface area (TPSA) is 47.3 Å². The molecule has 1 unspecified atom stereocenters. The Morgan fingerprint density at radius 1 is 1.38 bits per heavy atom. The number of nitrogens with one attached hydrogen (secondary N) is 1. The molecule has 0 amide bonds. The number of rotatable bonds is 5. The molecule has 3 heteroatoms.